The number of nitrogens with two attached hydrogens (primary N) is 1. The van der Waals surface area contributed by atoms with E-state index >= 15 is 0 Å². The number of anilines is 1. The van der Waals surface area contributed by atoms with Crippen molar-refractivity contribution in [3.63, 3.8) is 0 Å². The fraction of sp³-hybridized carbons (Fsp3) is 0.182. The minimum Gasteiger partial charge on any atom is -0.396 e. The number of nitrogens with zero attached hydrogens (tertiary/aromatic N) is 3. The summed E-state index contributed by atoms with van der Waals surface area (Å²) in [6.45, 7) is 2.01. The molecule has 0 aliphatic rings. The first-order valence-electron chi connectivity index (χ1n) is 4.90. The first-order valence-corrected chi connectivity index (χ1v) is 4.90. The predicted molar refractivity (Wildman–Crippen MR) is 60.0 cm³/mol. The highest BCUT2D eigenvalue weighted by atomic mass is 16.1. The van der Waals surface area contributed by atoms with Gasteiger partial charge >= 0.3 is 0 Å². The summed E-state index contributed by atoms with van der Waals surface area (Å²) >= 11 is 0. The molecule has 0 radical (unpaired) electrons. The van der Waals surface area contributed by atoms with Crippen LogP contribution in [0, 0.1) is 0 Å². The molecule has 0 aliphatic heterocycles. The average molecular weight is 216 g/mol. The summed E-state index contributed by atoms with van der Waals surface area (Å²) in [4.78, 5) is 15.4. The lowest BCUT2D eigenvalue weighted by atomic mass is 10.2. The van der Waals surface area contributed by atoms with Gasteiger partial charge in [0.05, 0.1) is 24.1 Å². The Labute approximate surface area is 92.9 Å². The smallest absolute Gasteiger partial charge is 0.178 e. The second-order valence-corrected chi connectivity index (χ2v) is 3.54. The van der Waals surface area contributed by atoms with Gasteiger partial charge in [0.1, 0.15) is 5.69 Å². The van der Waals surface area contributed by atoms with E-state index in [0.29, 0.717) is 17.9 Å². The van der Waals surface area contributed by atoms with Crippen molar-refractivity contribution < 1.29 is 4.79 Å². The van der Waals surface area contributed by atoms with Gasteiger partial charge in [-0.3, -0.25) is 9.48 Å². The molecule has 0 atom stereocenters. The Morgan fingerprint density at radius 3 is 2.94 bits per heavy atom. The maximum absolute atomic E-state index is 11.1. The highest BCUT2D eigenvalue weighted by Gasteiger charge is 2.03. The van der Waals surface area contributed by atoms with Gasteiger partial charge in [0.25, 0.3) is 0 Å². The van der Waals surface area contributed by atoms with Gasteiger partial charge in [-0.1, -0.05) is 6.07 Å². The minimum atomic E-state index is -0.0400. The summed E-state index contributed by atoms with van der Waals surface area (Å²) in [7, 11) is 0. The summed E-state index contributed by atoms with van der Waals surface area (Å²) in [5.41, 5.74) is 7.42. The number of carbonyl (C=O) groups is 1. The van der Waals surface area contributed by atoms with Crippen LogP contribution in [0.25, 0.3) is 0 Å². The molecular formula is C11H12N4O. The molecule has 0 bridgehead atoms. The zero-order chi connectivity index (χ0) is 11.5. The van der Waals surface area contributed by atoms with Crippen LogP contribution in [0.4, 0.5) is 5.69 Å². The van der Waals surface area contributed by atoms with Gasteiger partial charge in [0, 0.05) is 13.1 Å². The maximum atomic E-state index is 11.1. The van der Waals surface area contributed by atoms with Crippen molar-refractivity contribution in [2.24, 2.45) is 0 Å². The van der Waals surface area contributed by atoms with Crippen LogP contribution in [-0.2, 0) is 6.54 Å². The molecule has 2 rings (SSSR count). The Hall–Kier alpha value is -2.17. The standard InChI is InChI=1S/C11H12N4O/c1-8(16)11-4-2-3-10(14-11)7-15-6-9(12)5-13-15/h2-6H,7,12H2,1H3. The fourth-order valence-corrected chi connectivity index (χ4v) is 1.40. The first-order chi connectivity index (χ1) is 7.65. The number of ketones is 1. The number of Topliss-reactive ketones (excluding diaryl/α,β-unsaturated/α-hetero) is 1. The zero-order valence-corrected chi connectivity index (χ0v) is 8.92. The second-order valence-electron chi connectivity index (χ2n) is 3.54. The van der Waals surface area contributed by atoms with Crippen molar-refractivity contribution >= 4 is 11.5 Å². The molecule has 5 nitrogen and oxygen atoms in total. The lowest BCUT2D eigenvalue weighted by Crippen LogP contribution is -2.05. The average Bonchev–Trinajstić information content (AvgIpc) is 2.64. The third kappa shape index (κ3) is 2.25. The molecule has 82 valence electrons. The van der Waals surface area contributed by atoms with Gasteiger partial charge < -0.3 is 5.73 Å². The van der Waals surface area contributed by atoms with Crippen LogP contribution in [0.5, 0.6) is 0 Å². The highest BCUT2D eigenvalue weighted by molar-refractivity contribution is 5.92. The van der Waals surface area contributed by atoms with Crippen molar-refractivity contribution in [1.82, 2.24) is 14.8 Å². The quantitative estimate of drug-likeness (QED) is 0.780. The molecule has 2 aromatic heterocycles. The van der Waals surface area contributed by atoms with Gasteiger partial charge in [0.15, 0.2) is 5.78 Å². The van der Waals surface area contributed by atoms with E-state index in [0.717, 1.165) is 5.69 Å². The molecule has 0 aromatic carbocycles. The fourth-order valence-electron chi connectivity index (χ4n) is 1.40. The van der Waals surface area contributed by atoms with Crippen LogP contribution in [0.15, 0.2) is 30.6 Å². The largest absolute Gasteiger partial charge is 0.396 e. The van der Waals surface area contributed by atoms with Crippen molar-refractivity contribution in [2.75, 3.05) is 5.73 Å². The van der Waals surface area contributed by atoms with E-state index < -0.39 is 0 Å². The van der Waals surface area contributed by atoms with Crippen molar-refractivity contribution in [1.29, 1.82) is 0 Å². The molecule has 5 heteroatoms. The maximum Gasteiger partial charge on any atom is 0.178 e. The normalized spacial score (nSPS) is 10.3. The summed E-state index contributed by atoms with van der Waals surface area (Å²) < 4.78 is 1.68. The Balaban J connectivity index is 2.21. The van der Waals surface area contributed by atoms with Crippen LogP contribution in [0.2, 0.25) is 0 Å². The van der Waals surface area contributed by atoms with Crippen LogP contribution in [0.1, 0.15) is 23.1 Å². The van der Waals surface area contributed by atoms with Crippen molar-refractivity contribution in [2.45, 2.75) is 13.5 Å². The molecule has 0 saturated carbocycles. The summed E-state index contributed by atoms with van der Waals surface area (Å²) in [6.07, 6.45) is 3.30. The molecular weight excluding hydrogens is 204 g/mol. The SMILES string of the molecule is CC(=O)c1cccc(Cn2cc(N)cn2)n1. The van der Waals surface area contributed by atoms with Gasteiger partial charge in [-0.2, -0.15) is 5.10 Å². The summed E-state index contributed by atoms with van der Waals surface area (Å²) in [5, 5.41) is 4.05. The number of nitrogen functional groups attached to an aromatic ring is 1. The lowest BCUT2D eigenvalue weighted by Gasteiger charge is -2.02. The number of hydrogen-bond donors (Lipinski definition) is 1. The molecule has 2 N–H and O–H groups in total. The minimum absolute atomic E-state index is 0.0400. The van der Waals surface area contributed by atoms with E-state index in [1.54, 1.807) is 23.1 Å². The van der Waals surface area contributed by atoms with Crippen LogP contribution < -0.4 is 5.73 Å². The van der Waals surface area contributed by atoms with E-state index in [9.17, 15) is 4.79 Å². The van der Waals surface area contributed by atoms with Crippen molar-refractivity contribution in [3.8, 4) is 0 Å². The Bertz CT molecular complexity index is 518. The number of carbonyl (C=O) groups excluding carboxylic acids is 1. The zero-order valence-electron chi connectivity index (χ0n) is 8.92. The van der Waals surface area contributed by atoms with Gasteiger partial charge in [-0.05, 0) is 12.1 Å². The highest BCUT2D eigenvalue weighted by Crippen LogP contribution is 2.04. The molecule has 2 aromatic rings. The van der Waals surface area contributed by atoms with E-state index in [4.69, 9.17) is 5.73 Å². The third-order valence-corrected chi connectivity index (χ3v) is 2.14. The lowest BCUT2D eigenvalue weighted by molar-refractivity contribution is 0.101. The molecule has 0 amide bonds. The third-order valence-electron chi connectivity index (χ3n) is 2.14. The summed E-state index contributed by atoms with van der Waals surface area (Å²) in [6, 6.07) is 5.36. The van der Waals surface area contributed by atoms with Crippen LogP contribution >= 0.6 is 0 Å². The molecule has 0 saturated heterocycles. The van der Waals surface area contributed by atoms with E-state index in [-0.39, 0.29) is 5.78 Å². The monoisotopic (exact) mass is 216 g/mol. The number of hydrogen-bond acceptors (Lipinski definition) is 4. The van der Waals surface area contributed by atoms with E-state index in [1.807, 2.05) is 12.1 Å². The Kier molecular flexibility index (Phi) is 2.68. The number of pyridine rings is 1. The molecule has 16 heavy (non-hydrogen) atoms. The summed E-state index contributed by atoms with van der Waals surface area (Å²) in [5.74, 6) is -0.0400. The number of rotatable bonds is 3. The molecule has 0 unspecified atom stereocenters. The number of aromatic nitrogens is 3. The van der Waals surface area contributed by atoms with E-state index in [2.05, 4.69) is 10.1 Å². The van der Waals surface area contributed by atoms with Gasteiger partial charge in [-0.15, -0.1) is 0 Å². The first kappa shape index (κ1) is 10.4. The van der Waals surface area contributed by atoms with Crippen molar-refractivity contribution in [3.05, 3.63) is 42.0 Å². The molecule has 0 fully saturated rings. The van der Waals surface area contributed by atoms with Crippen LogP contribution in [-0.4, -0.2) is 20.5 Å². The molecule has 0 aliphatic carbocycles. The van der Waals surface area contributed by atoms with E-state index in [1.165, 1.54) is 6.92 Å². The van der Waals surface area contributed by atoms with Crippen LogP contribution in [0.3, 0.4) is 0 Å². The second kappa shape index (κ2) is 4.14. The Morgan fingerprint density at radius 1 is 1.50 bits per heavy atom. The Morgan fingerprint density at radius 2 is 2.31 bits per heavy atom. The predicted octanol–water partition coefficient (Wildman–Crippen LogP) is 1.11. The van der Waals surface area contributed by atoms with Gasteiger partial charge in [0.2, 0.25) is 0 Å². The molecule has 0 spiro atoms. The topological polar surface area (TPSA) is 73.8 Å². The molecule has 2 heterocycles. The van der Waals surface area contributed by atoms with Gasteiger partial charge in [-0.25, -0.2) is 4.98 Å².